The van der Waals surface area contributed by atoms with Crippen LogP contribution in [0, 0.1) is 13.8 Å². The molecule has 1 aromatic heterocycles. The molecule has 0 unspecified atom stereocenters. The van der Waals surface area contributed by atoms with Gasteiger partial charge >= 0.3 is 0 Å². The third-order valence-electron chi connectivity index (χ3n) is 2.79. The Hall–Kier alpha value is -2.34. The molecule has 0 aliphatic rings. The topological polar surface area (TPSA) is 93.0 Å². The lowest BCUT2D eigenvalue weighted by Crippen LogP contribution is -2.34. The van der Waals surface area contributed by atoms with Gasteiger partial charge in [-0.3, -0.25) is 10.2 Å². The second kappa shape index (κ2) is 5.53. The molecular weight excluding hydrogens is 244 g/mol. The number of aryl methyl sites for hydroxylation is 2. The summed E-state index contributed by atoms with van der Waals surface area (Å²) in [5.74, 6) is 5.93. The molecule has 6 heteroatoms. The first-order valence-corrected chi connectivity index (χ1v) is 5.86. The summed E-state index contributed by atoms with van der Waals surface area (Å²) in [6.45, 7) is 3.75. The van der Waals surface area contributed by atoms with Gasteiger partial charge in [0.15, 0.2) is 6.61 Å². The summed E-state index contributed by atoms with van der Waals surface area (Å²) < 4.78 is 5.44. The van der Waals surface area contributed by atoms with E-state index in [-0.39, 0.29) is 12.5 Å². The van der Waals surface area contributed by atoms with E-state index in [9.17, 15) is 4.79 Å². The van der Waals surface area contributed by atoms with Crippen molar-refractivity contribution >= 4 is 5.91 Å². The minimum atomic E-state index is -0.387. The number of aromatic amines is 1. The highest BCUT2D eigenvalue weighted by atomic mass is 16.5. The van der Waals surface area contributed by atoms with Crippen molar-refractivity contribution in [3.63, 3.8) is 0 Å². The van der Waals surface area contributed by atoms with E-state index in [1.165, 1.54) is 0 Å². The minimum absolute atomic E-state index is 0.133. The molecule has 0 radical (unpaired) electrons. The quantitative estimate of drug-likeness (QED) is 0.435. The monoisotopic (exact) mass is 260 g/mol. The number of amides is 1. The fourth-order valence-electron chi connectivity index (χ4n) is 1.65. The molecule has 0 saturated carbocycles. The number of aromatic nitrogens is 2. The largest absolute Gasteiger partial charge is 0.483 e. The Morgan fingerprint density at radius 3 is 2.79 bits per heavy atom. The van der Waals surface area contributed by atoms with Crippen LogP contribution in [0.4, 0.5) is 0 Å². The molecule has 19 heavy (non-hydrogen) atoms. The third kappa shape index (κ3) is 2.92. The van der Waals surface area contributed by atoms with Crippen LogP contribution in [-0.4, -0.2) is 22.5 Å². The lowest BCUT2D eigenvalue weighted by Gasteiger charge is -2.08. The molecule has 0 atom stereocenters. The number of imidazole rings is 1. The summed E-state index contributed by atoms with van der Waals surface area (Å²) in [6.07, 6.45) is 0. The van der Waals surface area contributed by atoms with Crippen LogP contribution in [0.1, 0.15) is 11.4 Å². The number of ether oxygens (including phenoxy) is 1. The maximum Gasteiger partial charge on any atom is 0.271 e. The molecule has 0 fully saturated rings. The number of hydrogen-bond donors (Lipinski definition) is 3. The van der Waals surface area contributed by atoms with Gasteiger partial charge in [-0.05, 0) is 26.0 Å². The van der Waals surface area contributed by atoms with Crippen molar-refractivity contribution in [1.29, 1.82) is 0 Å². The molecule has 1 amide bonds. The Morgan fingerprint density at radius 1 is 1.42 bits per heavy atom. The number of carbonyl (C=O) groups is 1. The normalized spacial score (nSPS) is 10.3. The Bertz CT molecular complexity index is 573. The van der Waals surface area contributed by atoms with Crippen molar-refractivity contribution in [2.45, 2.75) is 13.8 Å². The number of nitrogens with two attached hydrogens (primary N) is 1. The average molecular weight is 260 g/mol. The first-order chi connectivity index (χ1) is 9.11. The van der Waals surface area contributed by atoms with Crippen LogP contribution in [-0.2, 0) is 4.79 Å². The third-order valence-corrected chi connectivity index (χ3v) is 2.79. The van der Waals surface area contributed by atoms with Crippen LogP contribution < -0.4 is 16.0 Å². The molecule has 0 aliphatic heterocycles. The maximum atomic E-state index is 11.1. The zero-order valence-corrected chi connectivity index (χ0v) is 10.9. The van der Waals surface area contributed by atoms with E-state index >= 15 is 0 Å². The van der Waals surface area contributed by atoms with Gasteiger partial charge in [-0.15, -0.1) is 0 Å². The summed E-state index contributed by atoms with van der Waals surface area (Å²) in [4.78, 5) is 18.7. The van der Waals surface area contributed by atoms with E-state index in [1.807, 2.05) is 37.5 Å². The van der Waals surface area contributed by atoms with Gasteiger partial charge in [0.25, 0.3) is 5.91 Å². The van der Waals surface area contributed by atoms with Crippen LogP contribution in [0.2, 0.25) is 0 Å². The molecule has 0 aliphatic carbocycles. The van der Waals surface area contributed by atoms with Crippen LogP contribution in [0.15, 0.2) is 24.3 Å². The van der Waals surface area contributed by atoms with Crippen molar-refractivity contribution in [1.82, 2.24) is 15.4 Å². The summed E-state index contributed by atoms with van der Waals surface area (Å²) in [5, 5.41) is 0. The number of nitrogens with zero attached hydrogens (tertiary/aromatic N) is 1. The molecule has 1 aromatic carbocycles. The molecule has 6 nitrogen and oxygen atoms in total. The van der Waals surface area contributed by atoms with E-state index in [0.29, 0.717) is 5.75 Å². The van der Waals surface area contributed by atoms with Gasteiger partial charge in [-0.2, -0.15) is 0 Å². The summed E-state index contributed by atoms with van der Waals surface area (Å²) in [5.41, 5.74) is 4.77. The lowest BCUT2D eigenvalue weighted by molar-refractivity contribution is -0.123. The fraction of sp³-hybridized carbons (Fsp3) is 0.231. The Balaban J connectivity index is 2.28. The molecule has 1 heterocycles. The van der Waals surface area contributed by atoms with Gasteiger partial charge in [-0.1, -0.05) is 12.1 Å². The van der Waals surface area contributed by atoms with Gasteiger partial charge in [0.2, 0.25) is 0 Å². The Labute approximate surface area is 111 Å². The van der Waals surface area contributed by atoms with E-state index in [2.05, 4.69) is 9.97 Å². The highest BCUT2D eigenvalue weighted by molar-refractivity contribution is 5.77. The fourth-order valence-corrected chi connectivity index (χ4v) is 1.65. The van der Waals surface area contributed by atoms with Gasteiger partial charge in [0.05, 0.1) is 11.3 Å². The molecule has 4 N–H and O–H groups in total. The summed E-state index contributed by atoms with van der Waals surface area (Å²) in [6, 6.07) is 7.39. The first-order valence-electron chi connectivity index (χ1n) is 5.86. The minimum Gasteiger partial charge on any atom is -0.483 e. The highest BCUT2D eigenvalue weighted by Crippen LogP contribution is 2.28. The van der Waals surface area contributed by atoms with E-state index in [0.717, 1.165) is 22.8 Å². The van der Waals surface area contributed by atoms with E-state index < -0.39 is 0 Å². The molecule has 0 bridgehead atoms. The van der Waals surface area contributed by atoms with Crippen molar-refractivity contribution < 1.29 is 9.53 Å². The van der Waals surface area contributed by atoms with Crippen molar-refractivity contribution in [2.24, 2.45) is 5.84 Å². The predicted octanol–water partition coefficient (Wildman–Crippen LogP) is 1.06. The number of hydrogen-bond acceptors (Lipinski definition) is 4. The highest BCUT2D eigenvalue weighted by Gasteiger charge is 2.11. The number of para-hydroxylation sites is 1. The van der Waals surface area contributed by atoms with Gasteiger partial charge in [-0.25, -0.2) is 10.8 Å². The zero-order valence-electron chi connectivity index (χ0n) is 10.9. The number of benzene rings is 1. The van der Waals surface area contributed by atoms with Crippen molar-refractivity contribution in [2.75, 3.05) is 6.61 Å². The summed E-state index contributed by atoms with van der Waals surface area (Å²) >= 11 is 0. The molecule has 100 valence electrons. The second-order valence-electron chi connectivity index (χ2n) is 4.15. The van der Waals surface area contributed by atoms with Gasteiger partial charge in [0, 0.05) is 5.69 Å². The number of H-pyrrole nitrogens is 1. The standard InChI is InChI=1S/C13H16N4O2/c1-8-9(2)16-13(15-8)10-5-3-4-6-11(10)19-7-12(18)17-14/h3-6H,7,14H2,1-2H3,(H,15,16)(H,17,18). The molecule has 2 rings (SSSR count). The number of nitrogens with one attached hydrogen (secondary N) is 2. The Morgan fingerprint density at radius 2 is 2.16 bits per heavy atom. The van der Waals surface area contributed by atoms with Gasteiger partial charge < -0.3 is 9.72 Å². The number of carbonyl (C=O) groups excluding carboxylic acids is 1. The van der Waals surface area contributed by atoms with E-state index in [1.54, 1.807) is 6.07 Å². The van der Waals surface area contributed by atoms with Crippen LogP contribution >= 0.6 is 0 Å². The lowest BCUT2D eigenvalue weighted by atomic mass is 10.2. The van der Waals surface area contributed by atoms with Gasteiger partial charge in [0.1, 0.15) is 11.6 Å². The second-order valence-corrected chi connectivity index (χ2v) is 4.15. The number of hydrazine groups is 1. The molecular formula is C13H16N4O2. The van der Waals surface area contributed by atoms with Crippen LogP contribution in [0.3, 0.4) is 0 Å². The van der Waals surface area contributed by atoms with Crippen molar-refractivity contribution in [3.8, 4) is 17.1 Å². The van der Waals surface area contributed by atoms with E-state index in [4.69, 9.17) is 10.6 Å². The van der Waals surface area contributed by atoms with Crippen molar-refractivity contribution in [3.05, 3.63) is 35.7 Å². The smallest absolute Gasteiger partial charge is 0.271 e. The average Bonchev–Trinajstić information content (AvgIpc) is 2.76. The molecule has 0 spiro atoms. The maximum absolute atomic E-state index is 11.1. The molecule has 0 saturated heterocycles. The van der Waals surface area contributed by atoms with Crippen LogP contribution in [0.25, 0.3) is 11.4 Å². The van der Waals surface area contributed by atoms with Crippen LogP contribution in [0.5, 0.6) is 5.75 Å². The Kier molecular flexibility index (Phi) is 3.82. The first kappa shape index (κ1) is 13.1. The predicted molar refractivity (Wildman–Crippen MR) is 71.3 cm³/mol. The zero-order chi connectivity index (χ0) is 13.8. The molecule has 2 aromatic rings. The SMILES string of the molecule is Cc1nc(-c2ccccc2OCC(=O)NN)[nH]c1C. The summed E-state index contributed by atoms with van der Waals surface area (Å²) in [7, 11) is 0. The number of rotatable bonds is 4.